The van der Waals surface area contributed by atoms with Crippen molar-refractivity contribution in [2.45, 2.75) is 26.2 Å². The molecule has 1 aromatic carbocycles. The van der Waals surface area contributed by atoms with Gasteiger partial charge in [-0.1, -0.05) is 45.0 Å². The van der Waals surface area contributed by atoms with Gasteiger partial charge in [0.15, 0.2) is 0 Å². The SMILES string of the molecule is COCCN=C(NN)c1ccccc1C(C)(C)C. The van der Waals surface area contributed by atoms with Crippen molar-refractivity contribution in [1.82, 2.24) is 5.43 Å². The summed E-state index contributed by atoms with van der Waals surface area (Å²) in [4.78, 5) is 4.43. The first-order chi connectivity index (χ1) is 8.50. The third-order valence-corrected chi connectivity index (χ3v) is 2.69. The Morgan fingerprint density at radius 1 is 1.33 bits per heavy atom. The largest absolute Gasteiger partial charge is 0.383 e. The number of nitrogens with one attached hydrogen (secondary N) is 1. The molecule has 0 aromatic heterocycles. The average molecular weight is 249 g/mol. The van der Waals surface area contributed by atoms with Crippen LogP contribution in [-0.4, -0.2) is 26.1 Å². The molecule has 4 heteroatoms. The Hall–Kier alpha value is -1.39. The molecule has 0 fully saturated rings. The van der Waals surface area contributed by atoms with Crippen LogP contribution in [0.15, 0.2) is 29.3 Å². The van der Waals surface area contributed by atoms with Crippen molar-refractivity contribution in [3.8, 4) is 0 Å². The van der Waals surface area contributed by atoms with Crippen molar-refractivity contribution in [3.63, 3.8) is 0 Å². The number of hydrazine groups is 1. The lowest BCUT2D eigenvalue weighted by Gasteiger charge is -2.23. The Morgan fingerprint density at radius 2 is 2.00 bits per heavy atom. The molecule has 1 aromatic rings. The maximum Gasteiger partial charge on any atom is 0.142 e. The van der Waals surface area contributed by atoms with E-state index in [1.807, 2.05) is 18.2 Å². The molecule has 3 N–H and O–H groups in total. The van der Waals surface area contributed by atoms with Gasteiger partial charge in [0.25, 0.3) is 0 Å². The molecule has 0 aliphatic carbocycles. The van der Waals surface area contributed by atoms with Crippen molar-refractivity contribution in [2.75, 3.05) is 20.3 Å². The van der Waals surface area contributed by atoms with E-state index < -0.39 is 0 Å². The smallest absolute Gasteiger partial charge is 0.142 e. The van der Waals surface area contributed by atoms with E-state index in [4.69, 9.17) is 10.6 Å². The molecule has 100 valence electrons. The molecule has 0 spiro atoms. The Labute approximate surface area is 109 Å². The van der Waals surface area contributed by atoms with Gasteiger partial charge < -0.3 is 10.2 Å². The highest BCUT2D eigenvalue weighted by Crippen LogP contribution is 2.25. The van der Waals surface area contributed by atoms with Crippen molar-refractivity contribution in [3.05, 3.63) is 35.4 Å². The number of hydrogen-bond acceptors (Lipinski definition) is 3. The number of nitrogens with zero attached hydrogens (tertiary/aromatic N) is 1. The predicted octanol–water partition coefficient (Wildman–Crippen LogP) is 1.84. The van der Waals surface area contributed by atoms with Crippen LogP contribution in [0.1, 0.15) is 31.9 Å². The summed E-state index contributed by atoms with van der Waals surface area (Å²) in [5.74, 6) is 6.28. The van der Waals surface area contributed by atoms with E-state index in [-0.39, 0.29) is 5.41 Å². The summed E-state index contributed by atoms with van der Waals surface area (Å²) in [5, 5.41) is 0. The monoisotopic (exact) mass is 249 g/mol. The number of aliphatic imine (C=N–C) groups is 1. The Kier molecular flexibility index (Phi) is 5.31. The lowest BCUT2D eigenvalue weighted by Crippen LogP contribution is -2.33. The van der Waals surface area contributed by atoms with Crippen LogP contribution in [-0.2, 0) is 10.2 Å². The highest BCUT2D eigenvalue weighted by Gasteiger charge is 2.19. The zero-order chi connectivity index (χ0) is 13.6. The van der Waals surface area contributed by atoms with Gasteiger partial charge in [-0.05, 0) is 11.0 Å². The number of nitrogens with two attached hydrogens (primary N) is 1. The van der Waals surface area contributed by atoms with E-state index in [0.29, 0.717) is 19.0 Å². The van der Waals surface area contributed by atoms with Gasteiger partial charge >= 0.3 is 0 Å². The molecular weight excluding hydrogens is 226 g/mol. The van der Waals surface area contributed by atoms with Crippen LogP contribution < -0.4 is 11.3 Å². The number of methoxy groups -OCH3 is 1. The quantitative estimate of drug-likeness (QED) is 0.281. The molecule has 0 aliphatic rings. The summed E-state index contributed by atoms with van der Waals surface area (Å²) < 4.78 is 4.99. The minimum atomic E-state index is 0.0511. The fraction of sp³-hybridized carbons (Fsp3) is 0.500. The highest BCUT2D eigenvalue weighted by atomic mass is 16.5. The molecule has 1 rings (SSSR count). The second-order valence-corrected chi connectivity index (χ2v) is 5.16. The van der Waals surface area contributed by atoms with Crippen molar-refractivity contribution in [1.29, 1.82) is 0 Å². The van der Waals surface area contributed by atoms with Crippen LogP contribution >= 0.6 is 0 Å². The Morgan fingerprint density at radius 3 is 2.56 bits per heavy atom. The second-order valence-electron chi connectivity index (χ2n) is 5.16. The van der Waals surface area contributed by atoms with Crippen LogP contribution in [0.25, 0.3) is 0 Å². The molecule has 0 radical (unpaired) electrons. The van der Waals surface area contributed by atoms with Gasteiger partial charge in [-0.2, -0.15) is 0 Å². The van der Waals surface area contributed by atoms with Gasteiger partial charge in [-0.3, -0.25) is 4.99 Å². The molecular formula is C14H23N3O. The van der Waals surface area contributed by atoms with Crippen molar-refractivity contribution < 1.29 is 4.74 Å². The van der Waals surface area contributed by atoms with E-state index in [9.17, 15) is 0 Å². The zero-order valence-corrected chi connectivity index (χ0v) is 11.7. The minimum absolute atomic E-state index is 0.0511. The van der Waals surface area contributed by atoms with Gasteiger partial charge in [-0.15, -0.1) is 0 Å². The van der Waals surface area contributed by atoms with Crippen LogP contribution in [0.3, 0.4) is 0 Å². The van der Waals surface area contributed by atoms with E-state index in [0.717, 1.165) is 5.56 Å². The van der Waals surface area contributed by atoms with Gasteiger partial charge in [0.2, 0.25) is 0 Å². The van der Waals surface area contributed by atoms with E-state index >= 15 is 0 Å². The second kappa shape index (κ2) is 6.52. The molecule has 0 atom stereocenters. The maximum atomic E-state index is 5.58. The molecule has 0 aliphatic heterocycles. The number of ether oxygens (including phenoxy) is 1. The fourth-order valence-electron chi connectivity index (χ4n) is 1.80. The normalized spacial score (nSPS) is 12.6. The van der Waals surface area contributed by atoms with Gasteiger partial charge in [0.05, 0.1) is 13.2 Å². The lowest BCUT2D eigenvalue weighted by atomic mass is 9.83. The molecule has 0 unspecified atom stereocenters. The lowest BCUT2D eigenvalue weighted by molar-refractivity contribution is 0.208. The third-order valence-electron chi connectivity index (χ3n) is 2.69. The summed E-state index contributed by atoms with van der Waals surface area (Å²) in [6.07, 6.45) is 0. The number of hydrogen-bond donors (Lipinski definition) is 2. The van der Waals surface area contributed by atoms with Crippen LogP contribution in [0, 0.1) is 0 Å². The van der Waals surface area contributed by atoms with E-state index in [1.54, 1.807) is 7.11 Å². The first-order valence-electron chi connectivity index (χ1n) is 6.10. The van der Waals surface area contributed by atoms with Crippen LogP contribution in [0.2, 0.25) is 0 Å². The fourth-order valence-corrected chi connectivity index (χ4v) is 1.80. The highest BCUT2D eigenvalue weighted by molar-refractivity contribution is 6.00. The minimum Gasteiger partial charge on any atom is -0.383 e. The van der Waals surface area contributed by atoms with E-state index in [1.165, 1.54) is 5.56 Å². The van der Waals surface area contributed by atoms with Crippen LogP contribution in [0.5, 0.6) is 0 Å². The number of rotatable bonds is 4. The summed E-state index contributed by atoms with van der Waals surface area (Å²) >= 11 is 0. The van der Waals surface area contributed by atoms with Crippen molar-refractivity contribution in [2.24, 2.45) is 10.8 Å². The summed E-state index contributed by atoms with van der Waals surface area (Å²) in [7, 11) is 1.66. The van der Waals surface area contributed by atoms with Gasteiger partial charge in [-0.25, -0.2) is 5.84 Å². The Bertz CT molecular complexity index is 408. The molecule has 0 amide bonds. The molecule has 18 heavy (non-hydrogen) atoms. The molecule has 0 heterocycles. The Balaban J connectivity index is 3.10. The molecule has 0 bridgehead atoms. The molecule has 4 nitrogen and oxygen atoms in total. The van der Waals surface area contributed by atoms with E-state index in [2.05, 4.69) is 37.3 Å². The maximum absolute atomic E-state index is 5.58. The summed E-state index contributed by atoms with van der Waals surface area (Å²) in [6, 6.07) is 8.17. The first-order valence-corrected chi connectivity index (χ1v) is 6.10. The first kappa shape index (κ1) is 14.7. The zero-order valence-electron chi connectivity index (χ0n) is 11.7. The number of amidine groups is 1. The molecule has 0 saturated heterocycles. The predicted molar refractivity (Wildman–Crippen MR) is 75.7 cm³/mol. The summed E-state index contributed by atoms with van der Waals surface area (Å²) in [6.45, 7) is 7.71. The standard InChI is InChI=1S/C14H23N3O/c1-14(2,3)12-8-6-5-7-11(12)13(17-15)16-9-10-18-4/h5-8H,9-10,15H2,1-4H3,(H,16,17). The molecule has 0 saturated carbocycles. The van der Waals surface area contributed by atoms with Gasteiger partial charge in [0, 0.05) is 12.7 Å². The summed E-state index contributed by atoms with van der Waals surface area (Å²) in [5.41, 5.74) is 5.00. The average Bonchev–Trinajstić information content (AvgIpc) is 2.34. The number of benzene rings is 1. The van der Waals surface area contributed by atoms with Crippen molar-refractivity contribution >= 4 is 5.84 Å². The topological polar surface area (TPSA) is 59.6 Å². The van der Waals surface area contributed by atoms with Crippen LogP contribution in [0.4, 0.5) is 0 Å². The third kappa shape index (κ3) is 3.82. The van der Waals surface area contributed by atoms with Gasteiger partial charge in [0.1, 0.15) is 5.84 Å².